The first-order valence-electron chi connectivity index (χ1n) is 5.54. The molecule has 0 fully saturated rings. The Hall–Kier alpha value is -1.88. The Bertz CT molecular complexity index is 765. The summed E-state index contributed by atoms with van der Waals surface area (Å²) in [6.45, 7) is 0. The summed E-state index contributed by atoms with van der Waals surface area (Å²) in [6.07, 6.45) is 0.135. The lowest BCUT2D eigenvalue weighted by Crippen LogP contribution is -2.39. The molecule has 0 aliphatic carbocycles. The van der Waals surface area contributed by atoms with Crippen molar-refractivity contribution in [3.8, 4) is 0 Å². The lowest BCUT2D eigenvalue weighted by molar-refractivity contribution is -0.125. The van der Waals surface area contributed by atoms with Crippen LogP contribution in [0.2, 0.25) is 0 Å². The fourth-order valence-corrected chi connectivity index (χ4v) is 3.82. The SMILES string of the molecule is CN1C(=O)Cc2ccc3ccccc3c2S1(=O)=O. The summed E-state index contributed by atoms with van der Waals surface area (Å²) in [5, 5.41) is 1.54. The summed E-state index contributed by atoms with van der Waals surface area (Å²) >= 11 is 0. The molecule has 0 aromatic heterocycles. The Morgan fingerprint density at radius 2 is 1.83 bits per heavy atom. The Morgan fingerprint density at radius 1 is 1.11 bits per heavy atom. The molecule has 2 aromatic carbocycles. The van der Waals surface area contributed by atoms with Crippen LogP contribution >= 0.6 is 0 Å². The predicted molar refractivity (Wildman–Crippen MR) is 67.6 cm³/mol. The summed E-state index contributed by atoms with van der Waals surface area (Å²) in [5.74, 6) is -0.391. The molecule has 5 heteroatoms. The van der Waals surface area contributed by atoms with Gasteiger partial charge in [0.1, 0.15) is 0 Å². The first kappa shape index (κ1) is 11.2. The third-order valence-electron chi connectivity index (χ3n) is 3.27. The molecule has 4 nitrogen and oxygen atoms in total. The summed E-state index contributed by atoms with van der Waals surface area (Å²) in [6, 6.07) is 10.9. The van der Waals surface area contributed by atoms with Gasteiger partial charge in [0.25, 0.3) is 10.0 Å². The van der Waals surface area contributed by atoms with E-state index in [4.69, 9.17) is 0 Å². The number of nitrogens with zero attached hydrogens (tertiary/aromatic N) is 1. The number of carbonyl (C=O) groups is 1. The van der Waals surface area contributed by atoms with E-state index in [-0.39, 0.29) is 11.3 Å². The molecule has 0 radical (unpaired) electrons. The number of hydrogen-bond acceptors (Lipinski definition) is 3. The smallest absolute Gasteiger partial charge is 0.267 e. The van der Waals surface area contributed by atoms with Crippen LogP contribution in [-0.4, -0.2) is 25.7 Å². The van der Waals surface area contributed by atoms with Crippen molar-refractivity contribution < 1.29 is 13.2 Å². The Kier molecular flexibility index (Phi) is 2.22. The van der Waals surface area contributed by atoms with Crippen LogP contribution in [0.5, 0.6) is 0 Å². The van der Waals surface area contributed by atoms with Crippen molar-refractivity contribution in [2.45, 2.75) is 11.3 Å². The monoisotopic (exact) mass is 261 g/mol. The first-order chi connectivity index (χ1) is 8.51. The van der Waals surface area contributed by atoms with Gasteiger partial charge in [0.05, 0.1) is 11.3 Å². The highest BCUT2D eigenvalue weighted by Gasteiger charge is 2.34. The second-order valence-electron chi connectivity index (χ2n) is 4.32. The summed E-state index contributed by atoms with van der Waals surface area (Å²) in [7, 11) is -2.40. The summed E-state index contributed by atoms with van der Waals surface area (Å²) in [5.41, 5.74) is 0.580. The predicted octanol–water partition coefficient (Wildman–Crippen LogP) is 1.54. The van der Waals surface area contributed by atoms with Crippen molar-refractivity contribution in [2.24, 2.45) is 0 Å². The van der Waals surface area contributed by atoms with Crippen LogP contribution in [0, 0.1) is 0 Å². The van der Waals surface area contributed by atoms with E-state index in [0.29, 0.717) is 10.9 Å². The molecule has 0 saturated heterocycles. The Labute approximate surface area is 105 Å². The van der Waals surface area contributed by atoms with Gasteiger partial charge in [-0.1, -0.05) is 36.4 Å². The van der Waals surface area contributed by atoms with Crippen molar-refractivity contribution in [2.75, 3.05) is 7.05 Å². The van der Waals surface area contributed by atoms with Crippen LogP contribution in [0.3, 0.4) is 0 Å². The highest BCUT2D eigenvalue weighted by Crippen LogP contribution is 2.32. The van der Waals surface area contributed by atoms with E-state index in [1.165, 1.54) is 7.05 Å². The molecule has 0 saturated carbocycles. The maximum absolute atomic E-state index is 12.3. The van der Waals surface area contributed by atoms with Crippen LogP contribution in [0.15, 0.2) is 41.3 Å². The highest BCUT2D eigenvalue weighted by molar-refractivity contribution is 7.90. The number of benzene rings is 2. The lowest BCUT2D eigenvalue weighted by Gasteiger charge is -2.25. The number of fused-ring (bicyclic) bond motifs is 3. The fraction of sp³-hybridized carbons (Fsp3) is 0.154. The number of hydrogen-bond donors (Lipinski definition) is 0. The zero-order valence-electron chi connectivity index (χ0n) is 9.75. The number of carbonyl (C=O) groups excluding carboxylic acids is 1. The summed E-state index contributed by atoms with van der Waals surface area (Å²) in [4.78, 5) is 11.9. The zero-order valence-corrected chi connectivity index (χ0v) is 10.6. The molecule has 18 heavy (non-hydrogen) atoms. The van der Waals surface area contributed by atoms with Crippen LogP contribution in [-0.2, 0) is 21.2 Å². The minimum absolute atomic E-state index is 0.135. The van der Waals surface area contributed by atoms with Gasteiger partial charge < -0.3 is 0 Å². The first-order valence-corrected chi connectivity index (χ1v) is 6.98. The van der Waals surface area contributed by atoms with E-state index in [1.807, 2.05) is 18.2 Å². The molecule has 0 unspecified atom stereocenters. The maximum atomic E-state index is 12.3. The van der Waals surface area contributed by atoms with Gasteiger partial charge in [0.2, 0.25) is 5.91 Å². The lowest BCUT2D eigenvalue weighted by atomic mass is 10.0. The van der Waals surface area contributed by atoms with E-state index in [1.54, 1.807) is 18.2 Å². The molecule has 2 aromatic rings. The van der Waals surface area contributed by atoms with Crippen LogP contribution in [0.25, 0.3) is 10.8 Å². The standard InChI is InChI=1S/C13H11NO3S/c1-14-12(15)8-10-7-6-9-4-2-3-5-11(9)13(10)18(14,16)17/h2-7H,8H2,1H3. The minimum atomic E-state index is -3.71. The van der Waals surface area contributed by atoms with E-state index < -0.39 is 15.9 Å². The van der Waals surface area contributed by atoms with Gasteiger partial charge in [-0.3, -0.25) is 4.79 Å². The maximum Gasteiger partial charge on any atom is 0.267 e. The third-order valence-corrected chi connectivity index (χ3v) is 5.20. The number of rotatable bonds is 0. The van der Waals surface area contributed by atoms with Gasteiger partial charge in [-0.05, 0) is 10.9 Å². The van der Waals surface area contributed by atoms with E-state index in [2.05, 4.69) is 0 Å². The normalized spacial score (nSPS) is 17.8. The second-order valence-corrected chi connectivity index (χ2v) is 6.22. The Balaban J connectivity index is 2.47. The zero-order chi connectivity index (χ0) is 12.9. The molecule has 3 rings (SSSR count). The second kappa shape index (κ2) is 3.55. The number of sulfonamides is 1. The number of amides is 1. The van der Waals surface area contributed by atoms with Crippen molar-refractivity contribution in [3.63, 3.8) is 0 Å². The topological polar surface area (TPSA) is 54.5 Å². The fourth-order valence-electron chi connectivity index (χ4n) is 2.28. The molecule has 0 atom stereocenters. The average molecular weight is 261 g/mol. The van der Waals surface area contributed by atoms with E-state index in [9.17, 15) is 13.2 Å². The molecule has 92 valence electrons. The van der Waals surface area contributed by atoms with Gasteiger partial charge in [-0.25, -0.2) is 12.7 Å². The van der Waals surface area contributed by atoms with Crippen molar-refractivity contribution in [3.05, 3.63) is 42.0 Å². The summed E-state index contributed by atoms with van der Waals surface area (Å²) < 4.78 is 25.5. The molecular weight excluding hydrogens is 250 g/mol. The molecule has 1 aliphatic rings. The van der Waals surface area contributed by atoms with Gasteiger partial charge in [-0.2, -0.15) is 0 Å². The average Bonchev–Trinajstić information content (AvgIpc) is 2.35. The quantitative estimate of drug-likeness (QED) is 0.723. The van der Waals surface area contributed by atoms with Crippen molar-refractivity contribution in [1.82, 2.24) is 4.31 Å². The molecule has 1 amide bonds. The molecule has 1 aliphatic heterocycles. The van der Waals surface area contributed by atoms with Crippen LogP contribution in [0.4, 0.5) is 0 Å². The molecular formula is C13H11NO3S. The molecule has 0 spiro atoms. The highest BCUT2D eigenvalue weighted by atomic mass is 32.2. The molecule has 0 bridgehead atoms. The van der Waals surface area contributed by atoms with Crippen LogP contribution < -0.4 is 0 Å². The largest absolute Gasteiger partial charge is 0.273 e. The van der Waals surface area contributed by atoms with Gasteiger partial charge >= 0.3 is 0 Å². The van der Waals surface area contributed by atoms with Gasteiger partial charge in [-0.15, -0.1) is 0 Å². The third kappa shape index (κ3) is 1.37. The molecule has 0 N–H and O–H groups in total. The minimum Gasteiger partial charge on any atom is -0.273 e. The van der Waals surface area contributed by atoms with E-state index in [0.717, 1.165) is 9.69 Å². The van der Waals surface area contributed by atoms with Crippen LogP contribution in [0.1, 0.15) is 5.56 Å². The van der Waals surface area contributed by atoms with Gasteiger partial charge in [0.15, 0.2) is 0 Å². The number of likely N-dealkylation sites (N-methyl/N-ethyl adjacent to an activating group) is 1. The molecule has 1 heterocycles. The Morgan fingerprint density at radius 3 is 2.61 bits per heavy atom. The van der Waals surface area contributed by atoms with Gasteiger partial charge in [0, 0.05) is 12.4 Å². The van der Waals surface area contributed by atoms with Crippen molar-refractivity contribution in [1.29, 1.82) is 0 Å². The van der Waals surface area contributed by atoms with Crippen molar-refractivity contribution >= 4 is 26.7 Å². The van der Waals surface area contributed by atoms with E-state index >= 15 is 0 Å².